The molecule has 0 saturated heterocycles. The van der Waals surface area contributed by atoms with Crippen LogP contribution < -0.4 is 0 Å². The van der Waals surface area contributed by atoms with E-state index in [-0.39, 0.29) is 0 Å². The molecule has 5 heteroatoms. The van der Waals surface area contributed by atoms with Crippen LogP contribution in [-0.2, 0) is 11.4 Å². The van der Waals surface area contributed by atoms with Gasteiger partial charge in [-0.2, -0.15) is 5.10 Å². The number of halogens is 1. The summed E-state index contributed by atoms with van der Waals surface area (Å²) >= 11 is 6.31. The van der Waals surface area contributed by atoms with Crippen molar-refractivity contribution in [3.05, 3.63) is 83.1 Å². The van der Waals surface area contributed by atoms with E-state index >= 15 is 0 Å². The van der Waals surface area contributed by atoms with Crippen molar-refractivity contribution < 1.29 is 4.84 Å². The van der Waals surface area contributed by atoms with Gasteiger partial charge in [0.05, 0.1) is 23.7 Å². The lowest BCUT2D eigenvalue weighted by Gasteiger charge is -2.02. The molecule has 0 aliphatic heterocycles. The van der Waals surface area contributed by atoms with E-state index in [4.69, 9.17) is 16.4 Å². The maximum absolute atomic E-state index is 6.31. The fraction of sp³-hybridized carbons (Fsp3) is 0.0588. The third-order valence-electron chi connectivity index (χ3n) is 3.08. The highest BCUT2D eigenvalue weighted by Crippen LogP contribution is 2.18. The van der Waals surface area contributed by atoms with Gasteiger partial charge in [0.25, 0.3) is 0 Å². The van der Waals surface area contributed by atoms with Crippen LogP contribution in [0.15, 0.2) is 72.0 Å². The van der Waals surface area contributed by atoms with Crippen LogP contribution in [0, 0.1) is 0 Å². The first-order valence-corrected chi connectivity index (χ1v) is 7.20. The molecule has 1 heterocycles. The molecule has 0 unspecified atom stereocenters. The van der Waals surface area contributed by atoms with E-state index in [1.165, 1.54) is 0 Å². The van der Waals surface area contributed by atoms with Gasteiger partial charge in [0.1, 0.15) is 11.8 Å². The van der Waals surface area contributed by atoms with E-state index in [2.05, 4.69) is 10.3 Å². The molecule has 0 aliphatic rings. The minimum absolute atomic E-state index is 0.418. The number of nitrogens with zero attached hydrogens (tertiary/aromatic N) is 3. The number of benzene rings is 2. The highest BCUT2D eigenvalue weighted by Gasteiger charge is 2.08. The fourth-order valence-corrected chi connectivity index (χ4v) is 2.20. The molecule has 0 saturated carbocycles. The van der Waals surface area contributed by atoms with Gasteiger partial charge in [-0.25, -0.2) is 4.68 Å². The average Bonchev–Trinajstić information content (AvgIpc) is 2.94. The topological polar surface area (TPSA) is 39.4 Å². The molecular formula is C17H14ClN3O. The smallest absolute Gasteiger partial charge is 0.142 e. The fourth-order valence-electron chi connectivity index (χ4n) is 1.96. The van der Waals surface area contributed by atoms with Gasteiger partial charge in [-0.1, -0.05) is 65.3 Å². The first kappa shape index (κ1) is 14.4. The molecule has 3 aromatic rings. The molecule has 0 fully saturated rings. The van der Waals surface area contributed by atoms with Crippen molar-refractivity contribution in [1.82, 2.24) is 9.78 Å². The SMILES string of the molecule is Clc1c(/C=N/OCc2ccccc2)cnn1-c1ccccc1. The van der Waals surface area contributed by atoms with Crippen LogP contribution in [0.1, 0.15) is 11.1 Å². The van der Waals surface area contributed by atoms with E-state index in [1.807, 2.05) is 60.7 Å². The van der Waals surface area contributed by atoms with Crippen LogP contribution in [0.25, 0.3) is 5.69 Å². The second-order valence-electron chi connectivity index (χ2n) is 4.63. The van der Waals surface area contributed by atoms with Gasteiger partial charge in [0.2, 0.25) is 0 Å². The third-order valence-corrected chi connectivity index (χ3v) is 3.46. The Morgan fingerprint density at radius 1 is 1.05 bits per heavy atom. The summed E-state index contributed by atoms with van der Waals surface area (Å²) in [5.41, 5.74) is 2.67. The van der Waals surface area contributed by atoms with Gasteiger partial charge in [-0.05, 0) is 17.7 Å². The van der Waals surface area contributed by atoms with Crippen molar-refractivity contribution in [3.8, 4) is 5.69 Å². The Hall–Kier alpha value is -2.59. The standard InChI is InChI=1S/C17H14ClN3O/c18-17-15(11-19-21(17)16-9-5-2-6-10-16)12-20-22-13-14-7-3-1-4-8-14/h1-12H,13H2/b20-12+. The van der Waals surface area contributed by atoms with E-state index in [0.29, 0.717) is 17.3 Å². The lowest BCUT2D eigenvalue weighted by Crippen LogP contribution is -1.95. The molecule has 22 heavy (non-hydrogen) atoms. The van der Waals surface area contributed by atoms with Crippen LogP contribution in [0.2, 0.25) is 5.15 Å². The molecule has 0 amide bonds. The van der Waals surface area contributed by atoms with Gasteiger partial charge >= 0.3 is 0 Å². The molecule has 2 aromatic carbocycles. The van der Waals surface area contributed by atoms with Crippen LogP contribution in [-0.4, -0.2) is 16.0 Å². The van der Waals surface area contributed by atoms with Gasteiger partial charge in [0.15, 0.2) is 0 Å². The Labute approximate surface area is 133 Å². The zero-order valence-electron chi connectivity index (χ0n) is 11.8. The normalized spacial score (nSPS) is 11.0. The van der Waals surface area contributed by atoms with Crippen molar-refractivity contribution in [1.29, 1.82) is 0 Å². The number of oxime groups is 1. The second-order valence-corrected chi connectivity index (χ2v) is 4.99. The van der Waals surface area contributed by atoms with Gasteiger partial charge < -0.3 is 4.84 Å². The Morgan fingerprint density at radius 2 is 1.73 bits per heavy atom. The van der Waals surface area contributed by atoms with Crippen LogP contribution in [0.5, 0.6) is 0 Å². The van der Waals surface area contributed by atoms with Crippen molar-refractivity contribution in [2.75, 3.05) is 0 Å². The average molecular weight is 312 g/mol. The molecular weight excluding hydrogens is 298 g/mol. The van der Waals surface area contributed by atoms with E-state index in [0.717, 1.165) is 11.3 Å². The highest BCUT2D eigenvalue weighted by atomic mass is 35.5. The Balaban J connectivity index is 1.66. The summed E-state index contributed by atoms with van der Waals surface area (Å²) in [5.74, 6) is 0. The Kier molecular flexibility index (Phi) is 4.51. The number of rotatable bonds is 5. The zero-order valence-corrected chi connectivity index (χ0v) is 12.5. The predicted octanol–water partition coefficient (Wildman–Crippen LogP) is 4.08. The highest BCUT2D eigenvalue weighted by molar-refractivity contribution is 6.32. The van der Waals surface area contributed by atoms with Crippen molar-refractivity contribution in [2.45, 2.75) is 6.61 Å². The molecule has 0 radical (unpaired) electrons. The van der Waals surface area contributed by atoms with E-state index in [1.54, 1.807) is 17.1 Å². The van der Waals surface area contributed by atoms with Gasteiger partial charge in [0, 0.05) is 0 Å². The molecule has 0 atom stereocenters. The molecule has 1 aromatic heterocycles. The number of hydrogen-bond donors (Lipinski definition) is 0. The summed E-state index contributed by atoms with van der Waals surface area (Å²) in [7, 11) is 0. The molecule has 0 spiro atoms. The Morgan fingerprint density at radius 3 is 2.45 bits per heavy atom. The summed E-state index contributed by atoms with van der Waals surface area (Å²) in [6.45, 7) is 0.418. The molecule has 0 bridgehead atoms. The second kappa shape index (κ2) is 6.91. The zero-order chi connectivity index (χ0) is 15.2. The van der Waals surface area contributed by atoms with Crippen LogP contribution >= 0.6 is 11.6 Å². The monoisotopic (exact) mass is 311 g/mol. The summed E-state index contributed by atoms with van der Waals surface area (Å²) in [5, 5.41) is 8.70. The Bertz CT molecular complexity index is 754. The number of aromatic nitrogens is 2. The molecule has 110 valence electrons. The summed E-state index contributed by atoms with van der Waals surface area (Å²) in [6, 6.07) is 19.5. The molecule has 3 rings (SSSR count). The van der Waals surface area contributed by atoms with Crippen molar-refractivity contribution in [2.24, 2.45) is 5.16 Å². The first-order valence-electron chi connectivity index (χ1n) is 6.83. The van der Waals surface area contributed by atoms with Crippen LogP contribution in [0.4, 0.5) is 0 Å². The summed E-state index contributed by atoms with van der Waals surface area (Å²) < 4.78 is 1.65. The van der Waals surface area contributed by atoms with Crippen LogP contribution in [0.3, 0.4) is 0 Å². The maximum Gasteiger partial charge on any atom is 0.142 e. The lowest BCUT2D eigenvalue weighted by atomic mass is 10.2. The minimum Gasteiger partial charge on any atom is -0.391 e. The van der Waals surface area contributed by atoms with E-state index in [9.17, 15) is 0 Å². The molecule has 4 nitrogen and oxygen atoms in total. The first-order chi connectivity index (χ1) is 10.8. The maximum atomic E-state index is 6.31. The predicted molar refractivity (Wildman–Crippen MR) is 87.4 cm³/mol. The molecule has 0 N–H and O–H groups in total. The van der Waals surface area contributed by atoms with Gasteiger partial charge in [-0.15, -0.1) is 0 Å². The van der Waals surface area contributed by atoms with Crippen molar-refractivity contribution in [3.63, 3.8) is 0 Å². The van der Waals surface area contributed by atoms with E-state index < -0.39 is 0 Å². The van der Waals surface area contributed by atoms with Crippen molar-refractivity contribution >= 4 is 17.8 Å². The molecule has 0 aliphatic carbocycles. The number of hydrogen-bond acceptors (Lipinski definition) is 3. The summed E-state index contributed by atoms with van der Waals surface area (Å²) in [6.07, 6.45) is 3.22. The lowest BCUT2D eigenvalue weighted by molar-refractivity contribution is 0.132. The quantitative estimate of drug-likeness (QED) is 0.526. The largest absolute Gasteiger partial charge is 0.391 e. The third kappa shape index (κ3) is 3.35. The minimum atomic E-state index is 0.418. The summed E-state index contributed by atoms with van der Waals surface area (Å²) in [4.78, 5) is 5.27. The number of para-hydroxylation sites is 1. The van der Waals surface area contributed by atoms with Gasteiger partial charge in [-0.3, -0.25) is 0 Å².